The molecule has 1 aliphatic rings. The van der Waals surface area contributed by atoms with Crippen molar-refractivity contribution in [3.8, 4) is 11.5 Å². The third-order valence-corrected chi connectivity index (χ3v) is 2.32. The fourth-order valence-electron chi connectivity index (χ4n) is 1.23. The van der Waals surface area contributed by atoms with Gasteiger partial charge in [-0.1, -0.05) is 6.07 Å². The van der Waals surface area contributed by atoms with E-state index in [0.717, 1.165) is 17.1 Å². The van der Waals surface area contributed by atoms with Gasteiger partial charge >= 0.3 is 0 Å². The summed E-state index contributed by atoms with van der Waals surface area (Å²) in [5.74, 6) is 1.92. The van der Waals surface area contributed by atoms with Crippen LogP contribution in [0.2, 0.25) is 0 Å². The quantitative estimate of drug-likeness (QED) is 0.737. The summed E-state index contributed by atoms with van der Waals surface area (Å²) >= 11 is 5.64. The van der Waals surface area contributed by atoms with Crippen molar-refractivity contribution in [2.75, 3.05) is 12.7 Å². The highest BCUT2D eigenvalue weighted by Crippen LogP contribution is 2.33. The topological polar surface area (TPSA) is 44.5 Å². The lowest BCUT2D eigenvalue weighted by Crippen LogP contribution is -2.11. The predicted octanol–water partition coefficient (Wildman–Crippen LogP) is 1.65. The molecule has 3 nitrogen and oxygen atoms in total. The molecule has 0 aliphatic carbocycles. The van der Waals surface area contributed by atoms with Crippen LogP contribution in [-0.4, -0.2) is 12.7 Å². The molecule has 70 valence electrons. The highest BCUT2D eigenvalue weighted by molar-refractivity contribution is 6.18. The Kier molecular flexibility index (Phi) is 2.29. The number of fused-ring (bicyclic) bond motifs is 1. The minimum absolute atomic E-state index is 0.142. The largest absolute Gasteiger partial charge is 0.454 e. The fourth-order valence-corrected chi connectivity index (χ4v) is 1.41. The molecule has 0 saturated carbocycles. The van der Waals surface area contributed by atoms with Crippen molar-refractivity contribution in [1.82, 2.24) is 0 Å². The zero-order valence-electron chi connectivity index (χ0n) is 7.00. The number of hydrogen-bond acceptors (Lipinski definition) is 3. The number of hydrogen-bond donors (Lipinski definition) is 1. The van der Waals surface area contributed by atoms with Gasteiger partial charge in [-0.3, -0.25) is 0 Å². The molecule has 0 saturated heterocycles. The van der Waals surface area contributed by atoms with Gasteiger partial charge in [-0.05, 0) is 17.7 Å². The van der Waals surface area contributed by atoms with E-state index in [9.17, 15) is 0 Å². The molecule has 4 heteroatoms. The molecule has 0 radical (unpaired) electrons. The van der Waals surface area contributed by atoms with Crippen molar-refractivity contribution >= 4 is 11.6 Å². The molecule has 1 atom stereocenters. The fraction of sp³-hybridized carbons (Fsp3) is 0.333. The van der Waals surface area contributed by atoms with Gasteiger partial charge in [-0.2, -0.15) is 0 Å². The van der Waals surface area contributed by atoms with E-state index in [2.05, 4.69) is 0 Å². The SMILES string of the molecule is NC(CCl)c1ccc2c(c1)OCO2. The number of benzene rings is 1. The van der Waals surface area contributed by atoms with Crippen LogP contribution >= 0.6 is 11.6 Å². The van der Waals surface area contributed by atoms with E-state index in [-0.39, 0.29) is 12.8 Å². The molecule has 0 bridgehead atoms. The van der Waals surface area contributed by atoms with Crippen LogP contribution in [0.25, 0.3) is 0 Å². The monoisotopic (exact) mass is 199 g/mol. The first kappa shape index (κ1) is 8.66. The van der Waals surface area contributed by atoms with Crippen molar-refractivity contribution in [2.24, 2.45) is 5.73 Å². The first-order valence-corrected chi connectivity index (χ1v) is 4.56. The van der Waals surface area contributed by atoms with Gasteiger partial charge in [-0.15, -0.1) is 11.6 Å². The van der Waals surface area contributed by atoms with Gasteiger partial charge in [-0.25, -0.2) is 0 Å². The van der Waals surface area contributed by atoms with Gasteiger partial charge < -0.3 is 15.2 Å². The van der Waals surface area contributed by atoms with E-state index < -0.39 is 0 Å². The maximum atomic E-state index is 5.76. The second kappa shape index (κ2) is 3.44. The third-order valence-electron chi connectivity index (χ3n) is 1.99. The van der Waals surface area contributed by atoms with Crippen LogP contribution in [0.1, 0.15) is 11.6 Å². The number of alkyl halides is 1. The van der Waals surface area contributed by atoms with E-state index in [1.54, 1.807) is 0 Å². The van der Waals surface area contributed by atoms with Crippen molar-refractivity contribution < 1.29 is 9.47 Å². The van der Waals surface area contributed by atoms with Crippen LogP contribution in [-0.2, 0) is 0 Å². The summed E-state index contributed by atoms with van der Waals surface area (Å²) < 4.78 is 10.4. The molecule has 1 aliphatic heterocycles. The average molecular weight is 200 g/mol. The Labute approximate surface area is 81.4 Å². The smallest absolute Gasteiger partial charge is 0.231 e. The second-order valence-corrected chi connectivity index (χ2v) is 3.18. The van der Waals surface area contributed by atoms with Gasteiger partial charge in [0.1, 0.15) is 0 Å². The van der Waals surface area contributed by atoms with Gasteiger partial charge in [0, 0.05) is 11.9 Å². The van der Waals surface area contributed by atoms with Crippen molar-refractivity contribution in [3.05, 3.63) is 23.8 Å². The number of ether oxygens (including phenoxy) is 2. The molecule has 1 unspecified atom stereocenters. The Bertz CT molecular complexity index is 316. The molecule has 1 heterocycles. The van der Waals surface area contributed by atoms with E-state index >= 15 is 0 Å². The van der Waals surface area contributed by atoms with Crippen molar-refractivity contribution in [2.45, 2.75) is 6.04 Å². The lowest BCUT2D eigenvalue weighted by molar-refractivity contribution is 0.174. The van der Waals surface area contributed by atoms with Crippen LogP contribution in [0, 0.1) is 0 Å². The number of halogens is 1. The summed E-state index contributed by atoms with van der Waals surface area (Å²) in [4.78, 5) is 0. The third kappa shape index (κ3) is 1.57. The van der Waals surface area contributed by atoms with Crippen LogP contribution in [0.15, 0.2) is 18.2 Å². The predicted molar refractivity (Wildman–Crippen MR) is 50.2 cm³/mol. The number of nitrogens with two attached hydrogens (primary N) is 1. The molecular weight excluding hydrogens is 190 g/mol. The highest BCUT2D eigenvalue weighted by Gasteiger charge is 2.15. The summed E-state index contributed by atoms with van der Waals surface area (Å²) in [6, 6.07) is 5.48. The van der Waals surface area contributed by atoms with Crippen LogP contribution < -0.4 is 15.2 Å². The molecule has 1 aromatic rings. The normalized spacial score (nSPS) is 15.8. The molecule has 2 N–H and O–H groups in total. The van der Waals surface area contributed by atoms with E-state index in [1.165, 1.54) is 0 Å². The van der Waals surface area contributed by atoms with E-state index in [1.807, 2.05) is 18.2 Å². The standard InChI is InChI=1S/C9H10ClNO2/c10-4-7(11)6-1-2-8-9(3-6)13-5-12-8/h1-3,7H,4-5,11H2. The highest BCUT2D eigenvalue weighted by atomic mass is 35.5. The van der Waals surface area contributed by atoms with Gasteiger partial charge in [0.05, 0.1) is 0 Å². The Morgan fingerprint density at radius 3 is 2.92 bits per heavy atom. The van der Waals surface area contributed by atoms with Crippen molar-refractivity contribution in [3.63, 3.8) is 0 Å². The summed E-state index contributed by atoms with van der Waals surface area (Å²) in [5, 5.41) is 0. The zero-order chi connectivity index (χ0) is 9.26. The molecule has 0 amide bonds. The zero-order valence-corrected chi connectivity index (χ0v) is 7.75. The Balaban J connectivity index is 2.30. The first-order chi connectivity index (χ1) is 6.31. The van der Waals surface area contributed by atoms with Gasteiger partial charge in [0.25, 0.3) is 0 Å². The summed E-state index contributed by atoms with van der Waals surface area (Å²) in [6.07, 6.45) is 0. The van der Waals surface area contributed by atoms with Crippen molar-refractivity contribution in [1.29, 1.82) is 0 Å². The molecule has 1 aromatic carbocycles. The molecule has 0 fully saturated rings. The van der Waals surface area contributed by atoms with Crippen LogP contribution in [0.3, 0.4) is 0 Å². The second-order valence-electron chi connectivity index (χ2n) is 2.87. The van der Waals surface area contributed by atoms with Crippen LogP contribution in [0.5, 0.6) is 11.5 Å². The van der Waals surface area contributed by atoms with Gasteiger partial charge in [0.15, 0.2) is 11.5 Å². The minimum Gasteiger partial charge on any atom is -0.454 e. The Morgan fingerprint density at radius 2 is 2.15 bits per heavy atom. The lowest BCUT2D eigenvalue weighted by Gasteiger charge is -2.08. The maximum absolute atomic E-state index is 5.76. The number of rotatable bonds is 2. The average Bonchev–Trinajstić information content (AvgIpc) is 2.63. The molecule has 0 aromatic heterocycles. The molecule has 13 heavy (non-hydrogen) atoms. The van der Waals surface area contributed by atoms with E-state index in [4.69, 9.17) is 26.8 Å². The lowest BCUT2D eigenvalue weighted by atomic mass is 10.1. The first-order valence-electron chi connectivity index (χ1n) is 4.02. The summed E-state index contributed by atoms with van der Waals surface area (Å²) in [7, 11) is 0. The van der Waals surface area contributed by atoms with Gasteiger partial charge in [0.2, 0.25) is 6.79 Å². The Morgan fingerprint density at radius 1 is 1.38 bits per heavy atom. The summed E-state index contributed by atoms with van der Waals surface area (Å²) in [6.45, 7) is 0.287. The molecule has 0 spiro atoms. The molecular formula is C9H10ClNO2. The summed E-state index contributed by atoms with van der Waals surface area (Å²) in [5.41, 5.74) is 6.73. The van der Waals surface area contributed by atoms with Crippen LogP contribution in [0.4, 0.5) is 0 Å². The Hall–Kier alpha value is -0.930. The van der Waals surface area contributed by atoms with E-state index in [0.29, 0.717) is 5.88 Å². The minimum atomic E-state index is -0.142. The molecule has 2 rings (SSSR count). The maximum Gasteiger partial charge on any atom is 0.231 e.